The van der Waals surface area contributed by atoms with Crippen molar-refractivity contribution in [1.82, 2.24) is 9.97 Å². The largest absolute Gasteiger partial charge is 0.493 e. The van der Waals surface area contributed by atoms with E-state index < -0.39 is 0 Å². The molecule has 0 radical (unpaired) electrons. The van der Waals surface area contributed by atoms with Crippen LogP contribution in [0.25, 0.3) is 0 Å². The lowest BCUT2D eigenvalue weighted by molar-refractivity contribution is 0.134. The summed E-state index contributed by atoms with van der Waals surface area (Å²) in [5.74, 6) is 1.64. The van der Waals surface area contributed by atoms with Crippen molar-refractivity contribution >= 4 is 5.71 Å². The molecule has 0 spiro atoms. The van der Waals surface area contributed by atoms with Gasteiger partial charge in [-0.1, -0.05) is 0 Å². The molecule has 0 saturated heterocycles. The van der Waals surface area contributed by atoms with Crippen LogP contribution in [-0.4, -0.2) is 33.9 Å². The fourth-order valence-corrected chi connectivity index (χ4v) is 3.83. The number of fused-ring (bicyclic) bond motifs is 3. The van der Waals surface area contributed by atoms with Crippen LogP contribution in [0.5, 0.6) is 11.5 Å². The maximum absolute atomic E-state index is 6.20. The molecule has 1 aromatic heterocycles. The quantitative estimate of drug-likeness (QED) is 0.843. The number of ether oxygens (including phenoxy) is 2. The highest BCUT2D eigenvalue weighted by molar-refractivity contribution is 6.14. The minimum atomic E-state index is -0.259. The summed E-state index contributed by atoms with van der Waals surface area (Å²) in [6, 6.07) is 2.10. The summed E-state index contributed by atoms with van der Waals surface area (Å²) < 4.78 is 11.8. The van der Waals surface area contributed by atoms with Crippen molar-refractivity contribution in [2.45, 2.75) is 51.7 Å². The highest BCUT2D eigenvalue weighted by atomic mass is 16.5. The van der Waals surface area contributed by atoms with Crippen molar-refractivity contribution in [2.24, 2.45) is 4.99 Å². The summed E-state index contributed by atoms with van der Waals surface area (Å²) in [6.45, 7) is 8.49. The van der Waals surface area contributed by atoms with Gasteiger partial charge in [-0.2, -0.15) is 0 Å². The van der Waals surface area contributed by atoms with E-state index in [-0.39, 0.29) is 11.1 Å². The molecule has 0 bridgehead atoms. The topological polar surface area (TPSA) is 56.6 Å². The molecule has 1 aromatic carbocycles. The van der Waals surface area contributed by atoms with E-state index in [1.54, 1.807) is 25.7 Å². The number of aliphatic imine (C=N–C) groups is 1. The number of hydrogen-bond acceptors (Lipinski definition) is 5. The molecular formula is C20H23N3O2. The predicted octanol–water partition coefficient (Wildman–Crippen LogP) is 3.37. The second kappa shape index (κ2) is 5.28. The molecule has 0 unspecified atom stereocenters. The first kappa shape index (κ1) is 16.1. The van der Waals surface area contributed by atoms with Gasteiger partial charge in [0.15, 0.2) is 11.5 Å². The Hall–Kier alpha value is -2.43. The Morgan fingerprint density at radius 1 is 1.12 bits per heavy atom. The van der Waals surface area contributed by atoms with Crippen LogP contribution >= 0.6 is 0 Å². The van der Waals surface area contributed by atoms with Crippen molar-refractivity contribution in [3.8, 4) is 11.5 Å². The van der Waals surface area contributed by atoms with Gasteiger partial charge in [-0.3, -0.25) is 15.0 Å². The summed E-state index contributed by atoms with van der Waals surface area (Å²) in [5, 5.41) is 0. The smallest absolute Gasteiger partial charge is 0.166 e. The maximum atomic E-state index is 6.20. The first-order chi connectivity index (χ1) is 11.8. The van der Waals surface area contributed by atoms with E-state index >= 15 is 0 Å². The average molecular weight is 337 g/mol. The SMILES string of the molecule is COc1cc2c(c3c1OC(C)(C)C3)C(c1cnccn1)=NC(C)(C)C2. The van der Waals surface area contributed by atoms with Crippen LogP contribution in [0.2, 0.25) is 0 Å². The van der Waals surface area contributed by atoms with E-state index in [0.29, 0.717) is 0 Å². The van der Waals surface area contributed by atoms with Crippen molar-refractivity contribution in [2.75, 3.05) is 7.11 Å². The fourth-order valence-electron chi connectivity index (χ4n) is 3.83. The standard InChI is InChI=1S/C20H23N3O2/c1-19(2)9-12-8-15(24-5)18-13(10-20(3,4)25-18)16(12)17(23-19)14-11-21-6-7-22-14/h6-8,11H,9-10H2,1-5H3. The number of aromatic nitrogens is 2. The zero-order valence-corrected chi connectivity index (χ0v) is 15.4. The highest BCUT2D eigenvalue weighted by Crippen LogP contribution is 2.47. The molecule has 2 aliphatic heterocycles. The summed E-state index contributed by atoms with van der Waals surface area (Å²) in [6.07, 6.45) is 6.85. The molecule has 25 heavy (non-hydrogen) atoms. The molecule has 130 valence electrons. The second-order valence-electron chi connectivity index (χ2n) is 8.00. The Bertz CT molecular complexity index is 870. The number of hydrogen-bond donors (Lipinski definition) is 0. The molecule has 0 aliphatic carbocycles. The predicted molar refractivity (Wildman–Crippen MR) is 96.9 cm³/mol. The Morgan fingerprint density at radius 3 is 2.60 bits per heavy atom. The third-order valence-corrected chi connectivity index (χ3v) is 4.71. The van der Waals surface area contributed by atoms with Gasteiger partial charge in [-0.15, -0.1) is 0 Å². The Labute approximate surface area is 148 Å². The van der Waals surface area contributed by atoms with Crippen molar-refractivity contribution in [3.63, 3.8) is 0 Å². The lowest BCUT2D eigenvalue weighted by Gasteiger charge is -2.30. The van der Waals surface area contributed by atoms with E-state index in [0.717, 1.165) is 41.3 Å². The maximum Gasteiger partial charge on any atom is 0.166 e. The van der Waals surface area contributed by atoms with Gasteiger partial charge >= 0.3 is 0 Å². The molecule has 5 nitrogen and oxygen atoms in total. The van der Waals surface area contributed by atoms with Crippen molar-refractivity contribution in [1.29, 1.82) is 0 Å². The van der Waals surface area contributed by atoms with Crippen molar-refractivity contribution < 1.29 is 9.47 Å². The van der Waals surface area contributed by atoms with Crippen LogP contribution in [0.15, 0.2) is 29.6 Å². The molecule has 0 N–H and O–H groups in total. The lowest BCUT2D eigenvalue weighted by atomic mass is 9.82. The fraction of sp³-hybridized carbons (Fsp3) is 0.450. The zero-order valence-electron chi connectivity index (χ0n) is 15.4. The van der Waals surface area contributed by atoms with Crippen molar-refractivity contribution in [3.05, 3.63) is 47.0 Å². The third kappa shape index (κ3) is 2.68. The Balaban J connectivity index is 2.00. The van der Waals surface area contributed by atoms with Gasteiger partial charge in [0.1, 0.15) is 11.3 Å². The average Bonchev–Trinajstić information content (AvgIpc) is 2.88. The molecule has 0 fully saturated rings. The van der Waals surface area contributed by atoms with E-state index in [2.05, 4.69) is 43.7 Å². The van der Waals surface area contributed by atoms with E-state index in [1.165, 1.54) is 11.1 Å². The van der Waals surface area contributed by atoms with Crippen LogP contribution in [0.1, 0.15) is 50.1 Å². The van der Waals surface area contributed by atoms with Crippen LogP contribution in [0.3, 0.4) is 0 Å². The van der Waals surface area contributed by atoms with Crippen LogP contribution in [0.4, 0.5) is 0 Å². The van der Waals surface area contributed by atoms with Gasteiger partial charge in [0.05, 0.1) is 24.6 Å². The Kier molecular flexibility index (Phi) is 3.39. The number of nitrogens with zero attached hydrogens (tertiary/aromatic N) is 3. The third-order valence-electron chi connectivity index (χ3n) is 4.71. The van der Waals surface area contributed by atoms with Gasteiger partial charge in [0.25, 0.3) is 0 Å². The summed E-state index contributed by atoms with van der Waals surface area (Å²) >= 11 is 0. The zero-order chi connectivity index (χ0) is 17.8. The van der Waals surface area contributed by atoms with Gasteiger partial charge in [-0.25, -0.2) is 0 Å². The Morgan fingerprint density at radius 2 is 1.92 bits per heavy atom. The van der Waals surface area contributed by atoms with Crippen LogP contribution < -0.4 is 9.47 Å². The molecular weight excluding hydrogens is 314 g/mol. The number of benzene rings is 1. The van der Waals surface area contributed by atoms with E-state index in [4.69, 9.17) is 14.5 Å². The first-order valence-corrected chi connectivity index (χ1v) is 8.58. The van der Waals surface area contributed by atoms with E-state index in [9.17, 15) is 0 Å². The lowest BCUT2D eigenvalue weighted by Crippen LogP contribution is -2.31. The molecule has 3 heterocycles. The van der Waals surface area contributed by atoms with Gasteiger partial charge < -0.3 is 9.47 Å². The molecule has 0 amide bonds. The minimum Gasteiger partial charge on any atom is -0.493 e. The summed E-state index contributed by atoms with van der Waals surface area (Å²) in [5.41, 5.74) is 4.78. The molecule has 2 aromatic rings. The molecule has 0 atom stereocenters. The molecule has 5 heteroatoms. The van der Waals surface area contributed by atoms with Crippen LogP contribution in [-0.2, 0) is 12.8 Å². The van der Waals surface area contributed by atoms with Gasteiger partial charge in [0, 0.05) is 29.9 Å². The first-order valence-electron chi connectivity index (χ1n) is 8.58. The highest BCUT2D eigenvalue weighted by Gasteiger charge is 2.39. The van der Waals surface area contributed by atoms with Gasteiger partial charge in [0.2, 0.25) is 0 Å². The van der Waals surface area contributed by atoms with Crippen LogP contribution in [0, 0.1) is 0 Å². The van der Waals surface area contributed by atoms with E-state index in [1.807, 2.05) is 0 Å². The normalized spacial score (nSPS) is 19.5. The monoisotopic (exact) mass is 337 g/mol. The van der Waals surface area contributed by atoms with Gasteiger partial charge in [-0.05, 0) is 45.7 Å². The molecule has 4 rings (SSSR count). The summed E-state index contributed by atoms with van der Waals surface area (Å²) in [4.78, 5) is 13.8. The summed E-state index contributed by atoms with van der Waals surface area (Å²) in [7, 11) is 1.70. The molecule has 2 aliphatic rings. The number of methoxy groups -OCH3 is 1. The second-order valence-corrected chi connectivity index (χ2v) is 8.00. The number of rotatable bonds is 2. The minimum absolute atomic E-state index is 0.200. The molecule has 0 saturated carbocycles.